The number of anilines is 1. The highest BCUT2D eigenvalue weighted by Gasteiger charge is 2.57. The first-order valence-corrected chi connectivity index (χ1v) is 11.8. The predicted octanol–water partition coefficient (Wildman–Crippen LogP) is 4.97. The average molecular weight is 512 g/mol. The van der Waals surface area contributed by atoms with Crippen LogP contribution in [-0.4, -0.2) is 46.1 Å². The molecule has 2 aliphatic rings. The van der Waals surface area contributed by atoms with Crippen LogP contribution in [0.3, 0.4) is 0 Å². The van der Waals surface area contributed by atoms with E-state index in [9.17, 15) is 14.7 Å². The van der Waals surface area contributed by atoms with E-state index in [4.69, 9.17) is 34.8 Å². The molecular weight excluding hydrogens is 495 g/mol. The second-order valence-electron chi connectivity index (χ2n) is 7.97. The van der Waals surface area contributed by atoms with Gasteiger partial charge in [-0.3, -0.25) is 4.79 Å². The van der Waals surface area contributed by atoms with E-state index in [1.165, 1.54) is 0 Å². The summed E-state index contributed by atoms with van der Waals surface area (Å²) in [5.74, 6) is -0.728. The molecular formula is C21H17Cl3N4O3S. The number of carbonyl (C=O) groups excluding carboxylic acids is 1. The Balaban J connectivity index is 1.28. The third-order valence-electron chi connectivity index (χ3n) is 5.97. The second kappa shape index (κ2) is 7.95. The van der Waals surface area contributed by atoms with E-state index in [2.05, 4.69) is 20.2 Å². The summed E-state index contributed by atoms with van der Waals surface area (Å²) < 4.78 is 0. The number of fused-ring (bicyclic) bond motifs is 1. The Morgan fingerprint density at radius 3 is 2.38 bits per heavy atom. The van der Waals surface area contributed by atoms with Crippen LogP contribution in [-0.2, 0) is 0 Å². The smallest absolute Gasteiger partial charge is 0.348 e. The van der Waals surface area contributed by atoms with Gasteiger partial charge in [-0.2, -0.15) is 0 Å². The number of aromatic amines is 1. The summed E-state index contributed by atoms with van der Waals surface area (Å²) in [6, 6.07) is 7.00. The average Bonchev–Trinajstić information content (AvgIpc) is 3.16. The van der Waals surface area contributed by atoms with Gasteiger partial charge in [-0.1, -0.05) is 58.3 Å². The Morgan fingerprint density at radius 1 is 1.16 bits per heavy atom. The van der Waals surface area contributed by atoms with E-state index in [-0.39, 0.29) is 39.4 Å². The van der Waals surface area contributed by atoms with Gasteiger partial charge in [0.15, 0.2) is 5.13 Å². The van der Waals surface area contributed by atoms with Crippen molar-refractivity contribution in [3.8, 4) is 11.3 Å². The summed E-state index contributed by atoms with van der Waals surface area (Å²) in [7, 11) is 0. The van der Waals surface area contributed by atoms with E-state index >= 15 is 0 Å². The number of nitrogens with zero attached hydrogens (tertiary/aromatic N) is 2. The topological polar surface area (TPSA) is 98.3 Å². The molecule has 1 amide bonds. The van der Waals surface area contributed by atoms with Crippen molar-refractivity contribution < 1.29 is 14.7 Å². The number of nitrogens with one attached hydrogen (secondary N) is 2. The maximum absolute atomic E-state index is 12.6. The largest absolute Gasteiger partial charge is 0.477 e. The number of rotatable bonds is 5. The first-order valence-electron chi connectivity index (χ1n) is 9.84. The van der Waals surface area contributed by atoms with Crippen molar-refractivity contribution in [2.24, 2.45) is 11.8 Å². The number of aromatic nitrogens is 2. The molecule has 0 radical (unpaired) electrons. The first kappa shape index (κ1) is 21.6. The normalized spacial score (nSPS) is 21.5. The van der Waals surface area contributed by atoms with Crippen LogP contribution in [0.15, 0.2) is 24.3 Å². The van der Waals surface area contributed by atoms with Gasteiger partial charge in [0.2, 0.25) is 0 Å². The summed E-state index contributed by atoms with van der Waals surface area (Å²) in [4.78, 5) is 34.2. The van der Waals surface area contributed by atoms with Crippen LogP contribution in [0.25, 0.3) is 11.3 Å². The molecule has 3 atom stereocenters. The number of carboxylic acid groups (broad SMARTS) is 1. The number of H-pyrrole nitrogens is 1. The van der Waals surface area contributed by atoms with Crippen molar-refractivity contribution in [2.75, 3.05) is 18.0 Å². The van der Waals surface area contributed by atoms with Crippen molar-refractivity contribution in [3.63, 3.8) is 0 Å². The van der Waals surface area contributed by atoms with Gasteiger partial charge in [0.25, 0.3) is 5.91 Å². The third-order valence-corrected chi connectivity index (χ3v) is 8.27. The molecule has 1 aliphatic carbocycles. The van der Waals surface area contributed by atoms with Gasteiger partial charge in [-0.25, -0.2) is 9.78 Å². The first-order chi connectivity index (χ1) is 15.2. The number of aryl methyl sites for hydroxylation is 1. The summed E-state index contributed by atoms with van der Waals surface area (Å²) in [5, 5.41) is 14.5. The molecule has 3 N–H and O–H groups in total. The molecule has 1 unspecified atom stereocenters. The Hall–Kier alpha value is -2.26. The van der Waals surface area contributed by atoms with Gasteiger partial charge >= 0.3 is 5.97 Å². The zero-order valence-corrected chi connectivity index (χ0v) is 19.7. The molecule has 1 saturated heterocycles. The van der Waals surface area contributed by atoms with Gasteiger partial charge in [0, 0.05) is 47.2 Å². The molecule has 166 valence electrons. The lowest BCUT2D eigenvalue weighted by molar-refractivity contribution is 0.0702. The zero-order chi connectivity index (χ0) is 22.7. The van der Waals surface area contributed by atoms with E-state index in [1.54, 1.807) is 31.2 Å². The second-order valence-corrected chi connectivity index (χ2v) is 10.1. The van der Waals surface area contributed by atoms with Crippen LogP contribution in [0.2, 0.25) is 15.1 Å². The number of carboxylic acids is 1. The van der Waals surface area contributed by atoms with E-state index < -0.39 is 5.97 Å². The van der Waals surface area contributed by atoms with Crippen LogP contribution < -0.4 is 10.2 Å². The number of thiazole rings is 1. The molecule has 0 bridgehead atoms. The van der Waals surface area contributed by atoms with E-state index in [0.717, 1.165) is 11.3 Å². The van der Waals surface area contributed by atoms with Crippen LogP contribution in [0.4, 0.5) is 5.13 Å². The molecule has 1 saturated carbocycles. The van der Waals surface area contributed by atoms with Gasteiger partial charge < -0.3 is 20.3 Å². The minimum atomic E-state index is -1.01. The quantitative estimate of drug-likeness (QED) is 0.449. The lowest BCUT2D eigenvalue weighted by Gasteiger charge is -2.19. The van der Waals surface area contributed by atoms with Crippen LogP contribution in [0.5, 0.6) is 0 Å². The van der Waals surface area contributed by atoms with Crippen molar-refractivity contribution >= 4 is 63.1 Å². The fourth-order valence-corrected chi connectivity index (χ4v) is 5.73. The van der Waals surface area contributed by atoms with Gasteiger partial charge in [0.05, 0.1) is 15.7 Å². The predicted molar refractivity (Wildman–Crippen MR) is 126 cm³/mol. The molecule has 1 aromatic carbocycles. The van der Waals surface area contributed by atoms with Gasteiger partial charge in [-0.15, -0.1) is 0 Å². The van der Waals surface area contributed by atoms with E-state index in [1.807, 2.05) is 0 Å². The standard InChI is InChI=1S/C21H17Cl3N4O3S/c1-8-13(23)14(24)17(25-8)19(29)26-16-11-6-28(7-12(11)16)21-27-15(18(32-21)20(30)31)9-2-4-10(22)5-3-9/h2-5,11-12,16,25H,6-7H2,1H3,(H,26,29)(H,30,31)/t11-,12+,16?. The highest BCUT2D eigenvalue weighted by atomic mass is 35.5. The SMILES string of the molecule is Cc1[nH]c(C(=O)NC2[C@H]3CN(c4nc(-c5ccc(Cl)cc5)c(C(=O)O)s4)C[C@@H]23)c(Cl)c1Cl. The molecule has 2 fully saturated rings. The Kier molecular flexibility index (Phi) is 5.36. The lowest BCUT2D eigenvalue weighted by atomic mass is 10.1. The Morgan fingerprint density at radius 2 is 1.81 bits per heavy atom. The fourth-order valence-electron chi connectivity index (χ4n) is 4.24. The molecule has 5 rings (SSSR count). The molecule has 3 aromatic rings. The monoisotopic (exact) mass is 510 g/mol. The van der Waals surface area contributed by atoms with Gasteiger partial charge in [0.1, 0.15) is 10.6 Å². The summed E-state index contributed by atoms with van der Waals surface area (Å²) in [6.45, 7) is 3.15. The number of carbonyl (C=O) groups is 2. The summed E-state index contributed by atoms with van der Waals surface area (Å²) in [5.41, 5.74) is 2.07. The molecule has 32 heavy (non-hydrogen) atoms. The van der Waals surface area contributed by atoms with Crippen molar-refractivity contribution in [3.05, 3.63) is 55.6 Å². The van der Waals surface area contributed by atoms with Gasteiger partial charge in [-0.05, 0) is 19.1 Å². The molecule has 0 spiro atoms. The maximum Gasteiger partial charge on any atom is 0.348 e. The van der Waals surface area contributed by atoms with Crippen LogP contribution in [0, 0.1) is 18.8 Å². The van der Waals surface area contributed by atoms with Crippen LogP contribution in [0.1, 0.15) is 25.9 Å². The molecule has 3 heterocycles. The highest BCUT2D eigenvalue weighted by molar-refractivity contribution is 7.17. The molecule has 7 nitrogen and oxygen atoms in total. The maximum atomic E-state index is 12.6. The minimum absolute atomic E-state index is 0.0480. The van der Waals surface area contributed by atoms with E-state index in [0.29, 0.717) is 45.2 Å². The molecule has 2 aromatic heterocycles. The number of benzene rings is 1. The zero-order valence-electron chi connectivity index (χ0n) is 16.7. The molecule has 11 heteroatoms. The van der Waals surface area contributed by atoms with Crippen molar-refractivity contribution in [1.82, 2.24) is 15.3 Å². The number of amides is 1. The number of hydrogen-bond donors (Lipinski definition) is 3. The number of aromatic carboxylic acids is 1. The minimum Gasteiger partial charge on any atom is -0.477 e. The number of halogens is 3. The Bertz CT molecular complexity index is 1230. The lowest BCUT2D eigenvalue weighted by Crippen LogP contribution is -2.34. The van der Waals surface area contributed by atoms with Crippen molar-refractivity contribution in [1.29, 1.82) is 0 Å². The number of piperidine rings is 1. The Labute approximate surface area is 202 Å². The highest BCUT2D eigenvalue weighted by Crippen LogP contribution is 2.48. The summed E-state index contributed by atoms with van der Waals surface area (Å²) >= 11 is 19.3. The molecule has 1 aliphatic heterocycles. The fraction of sp³-hybridized carbons (Fsp3) is 0.286. The van der Waals surface area contributed by atoms with Crippen LogP contribution >= 0.6 is 46.1 Å². The number of hydrogen-bond acceptors (Lipinski definition) is 5. The van der Waals surface area contributed by atoms with Crippen molar-refractivity contribution in [2.45, 2.75) is 13.0 Å². The summed E-state index contributed by atoms with van der Waals surface area (Å²) in [6.07, 6.45) is 0. The third kappa shape index (κ3) is 3.65.